The zero-order valence-electron chi connectivity index (χ0n) is 6.77. The first-order chi connectivity index (χ1) is 4.81. The molecular formula is C7H16ClNS. The van der Waals surface area contributed by atoms with E-state index in [1.807, 2.05) is 11.8 Å². The Labute approximate surface area is 73.1 Å². The predicted octanol–water partition coefficient (Wildman–Crippen LogP) is 1.91. The average Bonchev–Trinajstić information content (AvgIpc) is 1.89. The Morgan fingerprint density at radius 3 is 2.60 bits per heavy atom. The van der Waals surface area contributed by atoms with E-state index in [0.29, 0.717) is 0 Å². The summed E-state index contributed by atoms with van der Waals surface area (Å²) in [5, 5.41) is 0. The molecule has 0 saturated carbocycles. The van der Waals surface area contributed by atoms with E-state index in [2.05, 4.69) is 18.9 Å². The van der Waals surface area contributed by atoms with Crippen LogP contribution in [0.15, 0.2) is 0 Å². The highest BCUT2D eigenvalue weighted by atomic mass is 35.5. The number of nitrogens with zero attached hydrogens (tertiary/aromatic N) is 1. The van der Waals surface area contributed by atoms with Gasteiger partial charge in [0.2, 0.25) is 0 Å². The van der Waals surface area contributed by atoms with Gasteiger partial charge in [0, 0.05) is 24.7 Å². The molecule has 0 aromatic carbocycles. The minimum Gasteiger partial charge on any atom is -0.304 e. The molecule has 3 heteroatoms. The van der Waals surface area contributed by atoms with Crippen molar-refractivity contribution in [2.24, 2.45) is 0 Å². The van der Waals surface area contributed by atoms with Crippen molar-refractivity contribution in [1.82, 2.24) is 4.90 Å². The molecule has 0 atom stereocenters. The Kier molecular flexibility index (Phi) is 8.17. The van der Waals surface area contributed by atoms with Gasteiger partial charge in [-0.05, 0) is 12.8 Å². The van der Waals surface area contributed by atoms with E-state index in [1.54, 1.807) is 0 Å². The van der Waals surface area contributed by atoms with E-state index in [1.165, 1.54) is 11.5 Å². The van der Waals surface area contributed by atoms with Gasteiger partial charge in [-0.3, -0.25) is 0 Å². The molecule has 0 aliphatic carbocycles. The van der Waals surface area contributed by atoms with Gasteiger partial charge in [0.25, 0.3) is 0 Å². The molecule has 10 heavy (non-hydrogen) atoms. The lowest BCUT2D eigenvalue weighted by atomic mass is 10.6. The molecular weight excluding hydrogens is 166 g/mol. The van der Waals surface area contributed by atoms with E-state index in [9.17, 15) is 0 Å². The molecule has 0 amide bonds. The largest absolute Gasteiger partial charge is 0.304 e. The molecule has 0 heterocycles. The maximum atomic E-state index is 5.56. The van der Waals surface area contributed by atoms with Crippen LogP contribution in [-0.4, -0.2) is 42.4 Å². The standard InChI is InChI=1S/C7H16ClNS/c1-3-10-7-6-9(2)5-4-8/h3-7H2,1-2H3. The number of rotatable bonds is 6. The van der Waals surface area contributed by atoms with Crippen molar-refractivity contribution in [2.75, 3.05) is 37.5 Å². The van der Waals surface area contributed by atoms with E-state index < -0.39 is 0 Å². The van der Waals surface area contributed by atoms with Gasteiger partial charge in [-0.2, -0.15) is 11.8 Å². The maximum absolute atomic E-state index is 5.56. The van der Waals surface area contributed by atoms with Gasteiger partial charge in [-0.25, -0.2) is 0 Å². The highest BCUT2D eigenvalue weighted by Gasteiger charge is 1.94. The monoisotopic (exact) mass is 181 g/mol. The summed E-state index contributed by atoms with van der Waals surface area (Å²) in [6, 6.07) is 0. The molecule has 0 aromatic heterocycles. The lowest BCUT2D eigenvalue weighted by molar-refractivity contribution is 0.379. The van der Waals surface area contributed by atoms with Crippen LogP contribution < -0.4 is 0 Å². The van der Waals surface area contributed by atoms with E-state index in [0.717, 1.165) is 19.0 Å². The highest BCUT2D eigenvalue weighted by Crippen LogP contribution is 1.98. The molecule has 0 fully saturated rings. The summed E-state index contributed by atoms with van der Waals surface area (Å²) in [7, 11) is 2.11. The topological polar surface area (TPSA) is 3.24 Å². The molecule has 0 aromatic rings. The summed E-state index contributed by atoms with van der Waals surface area (Å²) in [6.45, 7) is 4.35. The summed E-state index contributed by atoms with van der Waals surface area (Å²) in [5.74, 6) is 3.19. The number of hydrogen-bond acceptors (Lipinski definition) is 2. The SMILES string of the molecule is CCSCCN(C)CCCl. The van der Waals surface area contributed by atoms with Crippen molar-refractivity contribution in [3.63, 3.8) is 0 Å². The fourth-order valence-electron chi connectivity index (χ4n) is 0.621. The fraction of sp³-hybridized carbons (Fsp3) is 1.00. The molecule has 0 saturated heterocycles. The Hall–Kier alpha value is 0.600. The second kappa shape index (κ2) is 7.70. The van der Waals surface area contributed by atoms with Gasteiger partial charge in [-0.15, -0.1) is 11.6 Å². The lowest BCUT2D eigenvalue weighted by Crippen LogP contribution is -2.23. The van der Waals surface area contributed by atoms with Gasteiger partial charge in [0.15, 0.2) is 0 Å². The summed E-state index contributed by atoms with van der Waals surface area (Å²) >= 11 is 7.54. The molecule has 62 valence electrons. The zero-order chi connectivity index (χ0) is 7.82. The number of hydrogen-bond donors (Lipinski definition) is 0. The van der Waals surface area contributed by atoms with Crippen molar-refractivity contribution in [1.29, 1.82) is 0 Å². The lowest BCUT2D eigenvalue weighted by Gasteiger charge is -2.13. The van der Waals surface area contributed by atoms with E-state index in [4.69, 9.17) is 11.6 Å². The van der Waals surface area contributed by atoms with Crippen LogP contribution in [0.2, 0.25) is 0 Å². The molecule has 1 nitrogen and oxygen atoms in total. The van der Waals surface area contributed by atoms with Crippen molar-refractivity contribution in [3.8, 4) is 0 Å². The van der Waals surface area contributed by atoms with Crippen LogP contribution in [0.25, 0.3) is 0 Å². The Morgan fingerprint density at radius 2 is 2.10 bits per heavy atom. The number of thioether (sulfide) groups is 1. The van der Waals surface area contributed by atoms with Crippen LogP contribution in [0, 0.1) is 0 Å². The van der Waals surface area contributed by atoms with Crippen molar-refractivity contribution in [3.05, 3.63) is 0 Å². The van der Waals surface area contributed by atoms with Gasteiger partial charge in [-0.1, -0.05) is 6.92 Å². The normalized spacial score (nSPS) is 10.8. The van der Waals surface area contributed by atoms with E-state index >= 15 is 0 Å². The molecule has 0 aliphatic rings. The van der Waals surface area contributed by atoms with Gasteiger partial charge in [0.05, 0.1) is 0 Å². The Morgan fingerprint density at radius 1 is 1.40 bits per heavy atom. The first-order valence-electron chi connectivity index (χ1n) is 3.63. The fourth-order valence-corrected chi connectivity index (χ4v) is 1.64. The van der Waals surface area contributed by atoms with Crippen LogP contribution in [-0.2, 0) is 0 Å². The second-order valence-electron chi connectivity index (χ2n) is 2.19. The third-order valence-corrected chi connectivity index (χ3v) is 2.34. The van der Waals surface area contributed by atoms with Gasteiger partial charge in [0.1, 0.15) is 0 Å². The van der Waals surface area contributed by atoms with Gasteiger partial charge >= 0.3 is 0 Å². The number of alkyl halides is 1. The molecule has 0 bridgehead atoms. The average molecular weight is 182 g/mol. The third kappa shape index (κ3) is 6.72. The molecule has 0 radical (unpaired) electrons. The summed E-state index contributed by atoms with van der Waals surface area (Å²) in [5.41, 5.74) is 0. The smallest absolute Gasteiger partial charge is 0.0351 e. The summed E-state index contributed by atoms with van der Waals surface area (Å²) in [4.78, 5) is 2.26. The van der Waals surface area contributed by atoms with Gasteiger partial charge < -0.3 is 4.90 Å². The van der Waals surface area contributed by atoms with Crippen LogP contribution >= 0.6 is 23.4 Å². The molecule has 0 aliphatic heterocycles. The van der Waals surface area contributed by atoms with E-state index in [-0.39, 0.29) is 0 Å². The van der Waals surface area contributed by atoms with Crippen LogP contribution in [0.1, 0.15) is 6.92 Å². The molecule has 0 rings (SSSR count). The first-order valence-corrected chi connectivity index (χ1v) is 5.32. The third-order valence-electron chi connectivity index (χ3n) is 1.29. The predicted molar refractivity (Wildman–Crippen MR) is 51.2 cm³/mol. The first kappa shape index (κ1) is 10.6. The van der Waals surface area contributed by atoms with Crippen molar-refractivity contribution >= 4 is 23.4 Å². The molecule has 0 spiro atoms. The zero-order valence-corrected chi connectivity index (χ0v) is 8.34. The van der Waals surface area contributed by atoms with Crippen LogP contribution in [0.4, 0.5) is 0 Å². The Balaban J connectivity index is 2.97. The number of halogens is 1. The van der Waals surface area contributed by atoms with Crippen LogP contribution in [0.5, 0.6) is 0 Å². The summed E-state index contributed by atoms with van der Waals surface area (Å²) < 4.78 is 0. The quantitative estimate of drug-likeness (QED) is 0.455. The maximum Gasteiger partial charge on any atom is 0.0351 e. The minimum atomic E-state index is 0.743. The minimum absolute atomic E-state index is 0.743. The highest BCUT2D eigenvalue weighted by molar-refractivity contribution is 7.99. The Bertz CT molecular complexity index is 70.6. The van der Waals surface area contributed by atoms with Crippen LogP contribution in [0.3, 0.4) is 0 Å². The second-order valence-corrected chi connectivity index (χ2v) is 3.96. The summed E-state index contributed by atoms with van der Waals surface area (Å²) in [6.07, 6.45) is 0. The molecule has 0 unspecified atom stereocenters. The van der Waals surface area contributed by atoms with Crippen molar-refractivity contribution < 1.29 is 0 Å². The van der Waals surface area contributed by atoms with Crippen molar-refractivity contribution in [2.45, 2.75) is 6.92 Å². The molecule has 0 N–H and O–H groups in total.